The molecule has 10 nitrogen and oxygen atoms in total. The van der Waals surface area contributed by atoms with Gasteiger partial charge in [-0.2, -0.15) is 4.98 Å². The first-order valence-corrected chi connectivity index (χ1v) is 13.8. The Morgan fingerprint density at radius 2 is 1.88 bits per heavy atom. The molecule has 2 fully saturated rings. The summed E-state index contributed by atoms with van der Waals surface area (Å²) in [5.41, 5.74) is 1.61. The average molecular weight is 554 g/mol. The number of aromatic amines is 1. The lowest BCUT2D eigenvalue weighted by atomic mass is 9.91. The summed E-state index contributed by atoms with van der Waals surface area (Å²) in [6.07, 6.45) is 7.14. The Morgan fingerprint density at radius 3 is 2.60 bits per heavy atom. The predicted octanol–water partition coefficient (Wildman–Crippen LogP) is 4.59. The summed E-state index contributed by atoms with van der Waals surface area (Å²) in [7, 11) is 1.63. The van der Waals surface area contributed by atoms with Crippen molar-refractivity contribution < 1.29 is 28.1 Å². The van der Waals surface area contributed by atoms with E-state index in [1.807, 2.05) is 0 Å². The summed E-state index contributed by atoms with van der Waals surface area (Å²) in [5, 5.41) is 2.92. The van der Waals surface area contributed by atoms with Crippen molar-refractivity contribution >= 4 is 5.91 Å². The number of hydrogen-bond donors (Lipinski definition) is 2. The van der Waals surface area contributed by atoms with Crippen molar-refractivity contribution in [1.29, 1.82) is 0 Å². The predicted molar refractivity (Wildman–Crippen MR) is 145 cm³/mol. The number of rotatable bonds is 10. The monoisotopic (exact) mass is 553 g/mol. The van der Waals surface area contributed by atoms with E-state index in [4.69, 9.17) is 23.9 Å². The third kappa shape index (κ3) is 6.65. The fraction of sp³-hybridized carbons (Fsp3) is 0.517. The van der Waals surface area contributed by atoms with Crippen molar-refractivity contribution in [2.75, 3.05) is 33.5 Å². The molecule has 0 atom stereocenters. The number of H-pyrrole nitrogens is 1. The molecule has 2 N–H and O–H groups in total. The second-order valence-corrected chi connectivity index (χ2v) is 10.6. The SMILES string of the molecule is COCCCNC(=O)C1(C)COC(c2nc(-c3ccc(F)cc3)c(-c3ccnc(OC4CCCCC4)n3)[nH]2)OC1. The molecule has 1 saturated heterocycles. The van der Waals surface area contributed by atoms with Gasteiger partial charge in [0.15, 0.2) is 5.82 Å². The minimum Gasteiger partial charge on any atom is -0.460 e. The molecule has 1 saturated carbocycles. The van der Waals surface area contributed by atoms with Crippen LogP contribution in [-0.4, -0.2) is 65.4 Å². The summed E-state index contributed by atoms with van der Waals surface area (Å²) in [6, 6.07) is 8.17. The maximum absolute atomic E-state index is 13.7. The maximum atomic E-state index is 13.7. The molecule has 11 heteroatoms. The molecular formula is C29H36FN5O5. The van der Waals surface area contributed by atoms with E-state index in [2.05, 4.69) is 20.3 Å². The van der Waals surface area contributed by atoms with Crippen LogP contribution in [0.4, 0.5) is 4.39 Å². The zero-order chi connectivity index (χ0) is 28.0. The Labute approximate surface area is 233 Å². The van der Waals surface area contributed by atoms with Crippen LogP contribution in [0.5, 0.6) is 6.01 Å². The van der Waals surface area contributed by atoms with Crippen LogP contribution in [0.1, 0.15) is 57.6 Å². The van der Waals surface area contributed by atoms with Crippen LogP contribution in [0.25, 0.3) is 22.6 Å². The van der Waals surface area contributed by atoms with E-state index in [0.29, 0.717) is 47.6 Å². The number of carbonyl (C=O) groups excluding carboxylic acids is 1. The molecule has 5 rings (SSSR count). The molecule has 2 aromatic heterocycles. The number of benzene rings is 1. The molecule has 1 aliphatic carbocycles. The first-order valence-electron chi connectivity index (χ1n) is 13.8. The van der Waals surface area contributed by atoms with Crippen LogP contribution >= 0.6 is 0 Å². The van der Waals surface area contributed by atoms with Gasteiger partial charge in [-0.3, -0.25) is 4.79 Å². The van der Waals surface area contributed by atoms with Gasteiger partial charge in [0.05, 0.1) is 35.7 Å². The molecule has 214 valence electrons. The van der Waals surface area contributed by atoms with E-state index >= 15 is 0 Å². The quantitative estimate of drug-likeness (QED) is 0.350. The first-order chi connectivity index (χ1) is 19.4. The second kappa shape index (κ2) is 12.8. The van der Waals surface area contributed by atoms with Gasteiger partial charge in [-0.25, -0.2) is 14.4 Å². The highest BCUT2D eigenvalue weighted by Gasteiger charge is 2.40. The number of aromatic nitrogens is 4. The molecular weight excluding hydrogens is 517 g/mol. The number of amides is 1. The molecule has 0 radical (unpaired) electrons. The van der Waals surface area contributed by atoms with E-state index in [0.717, 1.165) is 32.1 Å². The first kappa shape index (κ1) is 28.1. The lowest BCUT2D eigenvalue weighted by Gasteiger charge is -2.35. The van der Waals surface area contributed by atoms with Crippen molar-refractivity contribution in [3.05, 3.63) is 48.2 Å². The van der Waals surface area contributed by atoms with E-state index in [9.17, 15) is 9.18 Å². The van der Waals surface area contributed by atoms with E-state index in [1.165, 1.54) is 18.6 Å². The molecule has 0 spiro atoms. The second-order valence-electron chi connectivity index (χ2n) is 10.6. The normalized spacial score (nSPS) is 21.7. The van der Waals surface area contributed by atoms with Crippen LogP contribution in [0.2, 0.25) is 0 Å². The Hall–Kier alpha value is -3.41. The van der Waals surface area contributed by atoms with Gasteiger partial charge < -0.3 is 29.2 Å². The summed E-state index contributed by atoms with van der Waals surface area (Å²) in [4.78, 5) is 29.8. The maximum Gasteiger partial charge on any atom is 0.317 e. The third-order valence-corrected chi connectivity index (χ3v) is 7.24. The number of nitrogens with one attached hydrogen (secondary N) is 2. The van der Waals surface area contributed by atoms with E-state index < -0.39 is 11.7 Å². The zero-order valence-corrected chi connectivity index (χ0v) is 23.0. The standard InChI is InChI=1S/C29H36FN5O5/c1-29(27(36)31-14-6-16-37-2)17-38-26(39-18-29)25-34-23(19-9-11-20(30)12-10-19)24(35-25)22-13-15-32-28(33-22)40-21-7-4-3-5-8-21/h9-13,15,21,26H,3-8,14,16-18H2,1-2H3,(H,31,36)(H,34,35). The van der Waals surface area contributed by atoms with Gasteiger partial charge in [0.2, 0.25) is 12.2 Å². The zero-order valence-electron chi connectivity index (χ0n) is 23.0. The Kier molecular flexibility index (Phi) is 9.03. The van der Waals surface area contributed by atoms with Crippen molar-refractivity contribution in [1.82, 2.24) is 25.3 Å². The number of nitrogens with zero attached hydrogens (tertiary/aromatic N) is 3. The minimum absolute atomic E-state index is 0.105. The van der Waals surface area contributed by atoms with Crippen LogP contribution in [0.15, 0.2) is 36.5 Å². The Bertz CT molecular complexity index is 1270. The van der Waals surface area contributed by atoms with Crippen molar-refractivity contribution in [2.24, 2.45) is 5.41 Å². The fourth-order valence-electron chi connectivity index (χ4n) is 4.90. The molecule has 40 heavy (non-hydrogen) atoms. The number of halogens is 1. The van der Waals surface area contributed by atoms with Gasteiger partial charge in [-0.1, -0.05) is 6.42 Å². The van der Waals surface area contributed by atoms with Crippen molar-refractivity contribution in [2.45, 2.75) is 57.8 Å². The molecule has 0 unspecified atom stereocenters. The highest BCUT2D eigenvalue weighted by Crippen LogP contribution is 2.36. The largest absolute Gasteiger partial charge is 0.460 e. The highest BCUT2D eigenvalue weighted by molar-refractivity contribution is 5.82. The van der Waals surface area contributed by atoms with Crippen LogP contribution < -0.4 is 10.1 Å². The molecule has 1 aromatic carbocycles. The average Bonchev–Trinajstić information content (AvgIpc) is 3.42. The molecule has 1 aliphatic heterocycles. The van der Waals surface area contributed by atoms with Gasteiger partial charge in [0.1, 0.15) is 11.9 Å². The van der Waals surface area contributed by atoms with Crippen LogP contribution in [0, 0.1) is 11.2 Å². The topological polar surface area (TPSA) is 120 Å². The van der Waals surface area contributed by atoms with Crippen LogP contribution in [0.3, 0.4) is 0 Å². The van der Waals surface area contributed by atoms with Crippen molar-refractivity contribution in [3.63, 3.8) is 0 Å². The summed E-state index contributed by atoms with van der Waals surface area (Å²) >= 11 is 0. The van der Waals surface area contributed by atoms with E-state index in [1.54, 1.807) is 38.4 Å². The highest BCUT2D eigenvalue weighted by atomic mass is 19.1. The molecule has 0 bridgehead atoms. The molecule has 2 aliphatic rings. The minimum atomic E-state index is -0.837. The number of ether oxygens (including phenoxy) is 4. The third-order valence-electron chi connectivity index (χ3n) is 7.24. The molecule has 3 heterocycles. The number of hydrogen-bond acceptors (Lipinski definition) is 8. The smallest absolute Gasteiger partial charge is 0.317 e. The van der Waals surface area contributed by atoms with E-state index in [-0.39, 0.29) is 31.0 Å². The van der Waals surface area contributed by atoms with Crippen LogP contribution in [-0.2, 0) is 19.0 Å². The summed E-state index contributed by atoms with van der Waals surface area (Å²) < 4.78 is 36.8. The fourth-order valence-corrected chi connectivity index (χ4v) is 4.90. The molecule has 3 aromatic rings. The van der Waals surface area contributed by atoms with Gasteiger partial charge in [-0.05, 0) is 69.4 Å². The van der Waals surface area contributed by atoms with Crippen molar-refractivity contribution in [3.8, 4) is 28.7 Å². The number of carbonyl (C=O) groups is 1. The molecule has 1 amide bonds. The lowest BCUT2D eigenvalue weighted by Crippen LogP contribution is -2.48. The van der Waals surface area contributed by atoms with Gasteiger partial charge in [0.25, 0.3) is 0 Å². The lowest BCUT2D eigenvalue weighted by molar-refractivity contribution is -0.231. The summed E-state index contributed by atoms with van der Waals surface area (Å²) in [6.45, 7) is 3.20. The number of imidazole rings is 1. The number of methoxy groups -OCH3 is 1. The Morgan fingerprint density at radius 1 is 1.12 bits per heavy atom. The van der Waals surface area contributed by atoms with Gasteiger partial charge >= 0.3 is 6.01 Å². The Balaban J connectivity index is 1.36. The van der Waals surface area contributed by atoms with Gasteiger partial charge in [0, 0.05) is 32.0 Å². The summed E-state index contributed by atoms with van der Waals surface area (Å²) in [5.74, 6) is -0.0594. The van der Waals surface area contributed by atoms with Gasteiger partial charge in [-0.15, -0.1) is 0 Å².